The quantitative estimate of drug-likeness (QED) is 0.784. The summed E-state index contributed by atoms with van der Waals surface area (Å²) in [5.41, 5.74) is 1.49. The van der Waals surface area contributed by atoms with E-state index < -0.39 is 0 Å². The minimum Gasteiger partial charge on any atom is -0.348 e. The topological polar surface area (TPSA) is 29.1 Å². The van der Waals surface area contributed by atoms with E-state index in [0.29, 0.717) is 17.1 Å². The molecule has 0 aromatic heterocycles. The zero-order valence-electron chi connectivity index (χ0n) is 9.79. The van der Waals surface area contributed by atoms with Crippen LogP contribution in [0.15, 0.2) is 51.4 Å². The number of nitrogens with one attached hydrogen (secondary N) is 1. The molecule has 0 bridgehead atoms. The number of halogens is 3. The van der Waals surface area contributed by atoms with Crippen molar-refractivity contribution in [2.75, 3.05) is 0 Å². The maximum Gasteiger partial charge on any atom is 0.253 e. The zero-order valence-corrected chi connectivity index (χ0v) is 13.7. The number of carbonyl (C=O) groups is 1. The van der Waals surface area contributed by atoms with E-state index in [2.05, 4.69) is 37.2 Å². The molecule has 19 heavy (non-hydrogen) atoms. The van der Waals surface area contributed by atoms with Crippen LogP contribution >= 0.6 is 43.5 Å². The van der Waals surface area contributed by atoms with Crippen molar-refractivity contribution >= 4 is 49.4 Å². The van der Waals surface area contributed by atoms with Gasteiger partial charge in [0.2, 0.25) is 0 Å². The first-order chi connectivity index (χ1) is 9.08. The summed E-state index contributed by atoms with van der Waals surface area (Å²) in [5.74, 6) is -0.187. The third kappa shape index (κ3) is 3.81. The van der Waals surface area contributed by atoms with Gasteiger partial charge in [-0.05, 0) is 29.8 Å². The molecule has 2 rings (SSSR count). The Kier molecular flexibility index (Phi) is 5.02. The Labute approximate surface area is 133 Å². The summed E-state index contributed by atoms with van der Waals surface area (Å²) in [6.45, 7) is 0.451. The predicted molar refractivity (Wildman–Crippen MR) is 84.5 cm³/mol. The molecule has 5 heteroatoms. The van der Waals surface area contributed by atoms with Gasteiger partial charge < -0.3 is 5.32 Å². The van der Waals surface area contributed by atoms with Crippen LogP contribution in [0.1, 0.15) is 15.9 Å². The molecule has 98 valence electrons. The maximum absolute atomic E-state index is 12.0. The third-order valence-corrected chi connectivity index (χ3v) is 4.15. The molecule has 0 saturated heterocycles. The SMILES string of the molecule is O=C(NCc1ccccc1Br)c1ccc(Br)cc1Cl. The summed E-state index contributed by atoms with van der Waals surface area (Å²) in [7, 11) is 0. The average molecular weight is 404 g/mol. The summed E-state index contributed by atoms with van der Waals surface area (Å²) in [4.78, 5) is 12.0. The molecule has 1 N–H and O–H groups in total. The van der Waals surface area contributed by atoms with E-state index in [1.54, 1.807) is 18.2 Å². The second-order valence-corrected chi connectivity index (χ2v) is 6.08. The second kappa shape index (κ2) is 6.55. The molecule has 0 heterocycles. The first kappa shape index (κ1) is 14.6. The molecule has 0 atom stereocenters. The van der Waals surface area contributed by atoms with Crippen LogP contribution in [0.3, 0.4) is 0 Å². The molecule has 2 aromatic rings. The molecular formula is C14H10Br2ClNO. The van der Waals surface area contributed by atoms with E-state index in [4.69, 9.17) is 11.6 Å². The van der Waals surface area contributed by atoms with Gasteiger partial charge in [0.25, 0.3) is 5.91 Å². The summed E-state index contributed by atoms with van der Waals surface area (Å²) in [6, 6.07) is 12.9. The highest BCUT2D eigenvalue weighted by atomic mass is 79.9. The number of rotatable bonds is 3. The number of carbonyl (C=O) groups excluding carboxylic acids is 1. The molecule has 0 spiro atoms. The fraction of sp³-hybridized carbons (Fsp3) is 0.0714. The van der Waals surface area contributed by atoms with Crippen molar-refractivity contribution in [2.24, 2.45) is 0 Å². The Bertz CT molecular complexity index is 616. The summed E-state index contributed by atoms with van der Waals surface area (Å²) >= 11 is 12.8. The summed E-state index contributed by atoms with van der Waals surface area (Å²) < 4.78 is 1.82. The van der Waals surface area contributed by atoms with Crippen molar-refractivity contribution in [2.45, 2.75) is 6.54 Å². The van der Waals surface area contributed by atoms with Gasteiger partial charge in [-0.1, -0.05) is 61.7 Å². The van der Waals surface area contributed by atoms with Gasteiger partial charge in [0.1, 0.15) is 0 Å². The fourth-order valence-electron chi connectivity index (χ4n) is 1.59. The largest absolute Gasteiger partial charge is 0.348 e. The van der Waals surface area contributed by atoms with Crippen LogP contribution in [0, 0.1) is 0 Å². The summed E-state index contributed by atoms with van der Waals surface area (Å²) in [6.07, 6.45) is 0. The van der Waals surface area contributed by atoms with Crippen LogP contribution in [-0.2, 0) is 6.54 Å². The van der Waals surface area contributed by atoms with Gasteiger partial charge in [0, 0.05) is 15.5 Å². The van der Waals surface area contributed by atoms with E-state index in [-0.39, 0.29) is 5.91 Å². The Morgan fingerprint density at radius 2 is 1.89 bits per heavy atom. The standard InChI is InChI=1S/C14H10Br2ClNO/c15-10-5-6-11(13(17)7-10)14(19)18-8-9-3-1-2-4-12(9)16/h1-7H,8H2,(H,18,19). The van der Waals surface area contributed by atoms with Gasteiger partial charge in [0.15, 0.2) is 0 Å². The molecule has 0 aliphatic carbocycles. The zero-order chi connectivity index (χ0) is 13.8. The highest BCUT2D eigenvalue weighted by molar-refractivity contribution is 9.10. The van der Waals surface area contributed by atoms with E-state index in [1.807, 2.05) is 24.3 Å². The lowest BCUT2D eigenvalue weighted by Crippen LogP contribution is -2.23. The average Bonchev–Trinajstić information content (AvgIpc) is 2.37. The van der Waals surface area contributed by atoms with Crippen molar-refractivity contribution < 1.29 is 4.79 Å². The van der Waals surface area contributed by atoms with Crippen LogP contribution in [0.5, 0.6) is 0 Å². The molecule has 2 aromatic carbocycles. The lowest BCUT2D eigenvalue weighted by molar-refractivity contribution is 0.0951. The molecular weight excluding hydrogens is 393 g/mol. The lowest BCUT2D eigenvalue weighted by atomic mass is 10.2. The van der Waals surface area contributed by atoms with Crippen molar-refractivity contribution in [1.82, 2.24) is 5.32 Å². The van der Waals surface area contributed by atoms with Gasteiger partial charge in [0.05, 0.1) is 10.6 Å². The Morgan fingerprint density at radius 3 is 2.58 bits per heavy atom. The number of hydrogen-bond donors (Lipinski definition) is 1. The Hall–Kier alpha value is -0.840. The highest BCUT2D eigenvalue weighted by Gasteiger charge is 2.10. The molecule has 1 amide bonds. The molecule has 0 unspecified atom stereocenters. The van der Waals surface area contributed by atoms with Crippen molar-refractivity contribution in [3.63, 3.8) is 0 Å². The minimum atomic E-state index is -0.187. The van der Waals surface area contributed by atoms with Crippen molar-refractivity contribution in [1.29, 1.82) is 0 Å². The van der Waals surface area contributed by atoms with Crippen LogP contribution in [0.4, 0.5) is 0 Å². The monoisotopic (exact) mass is 401 g/mol. The lowest BCUT2D eigenvalue weighted by Gasteiger charge is -2.08. The second-order valence-electron chi connectivity index (χ2n) is 3.90. The number of hydrogen-bond acceptors (Lipinski definition) is 1. The Morgan fingerprint density at radius 1 is 1.16 bits per heavy atom. The Balaban J connectivity index is 2.08. The highest BCUT2D eigenvalue weighted by Crippen LogP contribution is 2.21. The first-order valence-corrected chi connectivity index (χ1v) is 7.51. The smallest absolute Gasteiger partial charge is 0.253 e. The van der Waals surface area contributed by atoms with E-state index in [0.717, 1.165) is 14.5 Å². The predicted octanol–water partition coefficient (Wildman–Crippen LogP) is 4.80. The molecule has 0 radical (unpaired) electrons. The van der Waals surface area contributed by atoms with Gasteiger partial charge >= 0.3 is 0 Å². The maximum atomic E-state index is 12.0. The van der Waals surface area contributed by atoms with E-state index in [9.17, 15) is 4.79 Å². The molecule has 0 fully saturated rings. The van der Waals surface area contributed by atoms with E-state index in [1.165, 1.54) is 0 Å². The molecule has 0 saturated carbocycles. The van der Waals surface area contributed by atoms with Gasteiger partial charge in [-0.2, -0.15) is 0 Å². The molecule has 2 nitrogen and oxygen atoms in total. The van der Waals surface area contributed by atoms with Crippen LogP contribution in [-0.4, -0.2) is 5.91 Å². The molecule has 0 aliphatic heterocycles. The van der Waals surface area contributed by atoms with Crippen LogP contribution in [0.2, 0.25) is 5.02 Å². The first-order valence-electron chi connectivity index (χ1n) is 5.54. The van der Waals surface area contributed by atoms with Gasteiger partial charge in [-0.25, -0.2) is 0 Å². The van der Waals surface area contributed by atoms with Crippen molar-refractivity contribution in [3.8, 4) is 0 Å². The van der Waals surface area contributed by atoms with Crippen molar-refractivity contribution in [3.05, 3.63) is 67.6 Å². The normalized spacial score (nSPS) is 10.3. The number of benzene rings is 2. The van der Waals surface area contributed by atoms with E-state index >= 15 is 0 Å². The third-order valence-electron chi connectivity index (χ3n) is 2.57. The minimum absolute atomic E-state index is 0.187. The fourth-order valence-corrected chi connectivity index (χ4v) is 2.77. The van der Waals surface area contributed by atoms with Gasteiger partial charge in [-0.15, -0.1) is 0 Å². The van der Waals surface area contributed by atoms with Crippen LogP contribution in [0.25, 0.3) is 0 Å². The molecule has 0 aliphatic rings. The number of amides is 1. The van der Waals surface area contributed by atoms with Gasteiger partial charge in [-0.3, -0.25) is 4.79 Å². The van der Waals surface area contributed by atoms with Crippen LogP contribution < -0.4 is 5.32 Å². The summed E-state index contributed by atoms with van der Waals surface area (Å²) in [5, 5.41) is 3.28.